The van der Waals surface area contributed by atoms with Crippen LogP contribution < -0.4 is 24.4 Å². The van der Waals surface area contributed by atoms with Gasteiger partial charge in [-0.1, -0.05) is 40.6 Å². The minimum atomic E-state index is -0.895. The Hall–Kier alpha value is -4.32. The first-order valence-corrected chi connectivity index (χ1v) is 15.4. The zero-order valence-electron chi connectivity index (χ0n) is 24.7. The van der Waals surface area contributed by atoms with Gasteiger partial charge in [0, 0.05) is 16.7 Å². The van der Waals surface area contributed by atoms with E-state index in [-0.39, 0.29) is 24.3 Å². The predicted octanol–water partition coefficient (Wildman–Crippen LogP) is 5.32. The molecule has 0 saturated heterocycles. The summed E-state index contributed by atoms with van der Waals surface area (Å²) in [6.45, 7) is 5.31. The second-order valence-electron chi connectivity index (χ2n) is 9.63. The second-order valence-corrected chi connectivity index (χ2v) is 11.5. The van der Waals surface area contributed by atoms with Gasteiger partial charge < -0.3 is 23.4 Å². The molecule has 2 aromatic carbocycles. The molecule has 0 spiro atoms. The lowest BCUT2D eigenvalue weighted by Crippen LogP contribution is -2.40. The largest absolute Gasteiger partial charge is 0.490 e. The average Bonchev–Trinajstić information content (AvgIpc) is 3.60. The minimum Gasteiger partial charge on any atom is -0.490 e. The number of carbonyl (C=O) groups excluding carboxylic acids is 2. The van der Waals surface area contributed by atoms with Crippen LogP contribution in [0.1, 0.15) is 38.1 Å². The zero-order chi connectivity index (χ0) is 32.2. The molecule has 0 radical (unpaired) electrons. The number of carbonyl (C=O) groups is 2. The molecule has 0 aliphatic carbocycles. The second kappa shape index (κ2) is 13.8. The van der Waals surface area contributed by atoms with Crippen LogP contribution in [-0.4, -0.2) is 43.4 Å². The van der Waals surface area contributed by atoms with E-state index in [0.29, 0.717) is 65.8 Å². The summed E-state index contributed by atoms with van der Waals surface area (Å²) in [5.41, 5.74) is 1.39. The number of nitrogens with zero attached hydrogens (tertiary/aromatic N) is 2. The van der Waals surface area contributed by atoms with Crippen LogP contribution in [0.25, 0.3) is 17.4 Å². The monoisotopic (exact) mass is 670 g/mol. The van der Waals surface area contributed by atoms with Crippen LogP contribution in [0.2, 0.25) is 10.0 Å². The molecule has 0 fully saturated rings. The van der Waals surface area contributed by atoms with Crippen LogP contribution in [0, 0.1) is 0 Å². The van der Waals surface area contributed by atoms with Gasteiger partial charge in [0.2, 0.25) is 0 Å². The molecule has 1 aliphatic rings. The molecule has 0 saturated carbocycles. The van der Waals surface area contributed by atoms with E-state index in [9.17, 15) is 14.4 Å². The highest BCUT2D eigenvalue weighted by Crippen LogP contribution is 2.37. The van der Waals surface area contributed by atoms with Gasteiger partial charge in [-0.05, 0) is 68.8 Å². The number of furan rings is 1. The first-order chi connectivity index (χ1) is 21.6. The van der Waals surface area contributed by atoms with Crippen molar-refractivity contribution in [2.45, 2.75) is 26.8 Å². The number of allylic oxidation sites excluding steroid dienone is 1. The lowest BCUT2D eigenvalue weighted by Gasteiger charge is -2.25. The molecule has 2 aromatic heterocycles. The van der Waals surface area contributed by atoms with Crippen molar-refractivity contribution in [3.8, 4) is 22.8 Å². The Bertz CT molecular complexity index is 1990. The van der Waals surface area contributed by atoms with Crippen molar-refractivity contribution in [3.63, 3.8) is 0 Å². The summed E-state index contributed by atoms with van der Waals surface area (Å²) in [4.78, 5) is 44.0. The van der Waals surface area contributed by atoms with E-state index in [1.54, 1.807) is 75.4 Å². The number of rotatable bonds is 10. The normalized spacial score (nSPS) is 14.5. The summed E-state index contributed by atoms with van der Waals surface area (Å²) in [6.07, 6.45) is 1.61. The van der Waals surface area contributed by atoms with Crippen LogP contribution in [0.5, 0.6) is 11.5 Å². The van der Waals surface area contributed by atoms with Gasteiger partial charge in [-0.25, -0.2) is 14.6 Å². The van der Waals surface area contributed by atoms with E-state index < -0.39 is 18.0 Å². The average molecular weight is 672 g/mol. The summed E-state index contributed by atoms with van der Waals surface area (Å²) < 4.78 is 29.3. The van der Waals surface area contributed by atoms with Crippen molar-refractivity contribution >= 4 is 52.6 Å². The number of methoxy groups -OCH3 is 1. The lowest BCUT2D eigenvalue weighted by molar-refractivity contribution is -0.143. The first kappa shape index (κ1) is 32.1. The molecule has 0 bridgehead atoms. The Kier molecular flexibility index (Phi) is 9.81. The number of aromatic nitrogens is 1. The SMILES string of the molecule is CCOC(=O)C1=C(C)N=c2s/c(=C\c3ccc(-c4cc(Cl)ccc4Cl)o3)c(=O)n2[C@@H]1c1ccc(OCC(=O)OC)c(OCC)c1. The van der Waals surface area contributed by atoms with Gasteiger partial charge in [0.05, 0.1) is 47.2 Å². The maximum absolute atomic E-state index is 14.0. The molecule has 5 rings (SSSR count). The van der Waals surface area contributed by atoms with Gasteiger partial charge in [-0.2, -0.15) is 0 Å². The van der Waals surface area contributed by atoms with Crippen LogP contribution >= 0.6 is 34.5 Å². The van der Waals surface area contributed by atoms with Gasteiger partial charge in [0.15, 0.2) is 22.9 Å². The number of esters is 2. The molecule has 0 amide bonds. The number of thiazole rings is 1. The van der Waals surface area contributed by atoms with Crippen molar-refractivity contribution in [2.75, 3.05) is 26.9 Å². The first-order valence-electron chi connectivity index (χ1n) is 13.9. The number of fused-ring (bicyclic) bond motifs is 1. The third-order valence-electron chi connectivity index (χ3n) is 6.77. The molecule has 234 valence electrons. The van der Waals surface area contributed by atoms with Gasteiger partial charge >= 0.3 is 11.9 Å². The van der Waals surface area contributed by atoms with E-state index in [4.69, 9.17) is 41.8 Å². The fourth-order valence-corrected chi connectivity index (χ4v) is 6.18. The highest BCUT2D eigenvalue weighted by molar-refractivity contribution is 7.07. The highest BCUT2D eigenvalue weighted by atomic mass is 35.5. The maximum atomic E-state index is 14.0. The molecule has 4 aromatic rings. The quantitative estimate of drug-likeness (QED) is 0.208. The summed E-state index contributed by atoms with van der Waals surface area (Å²) in [7, 11) is 1.26. The van der Waals surface area contributed by atoms with E-state index in [2.05, 4.69) is 9.73 Å². The maximum Gasteiger partial charge on any atom is 0.343 e. The Morgan fingerprint density at radius 2 is 1.84 bits per heavy atom. The Morgan fingerprint density at radius 3 is 2.58 bits per heavy atom. The molecule has 1 atom stereocenters. The van der Waals surface area contributed by atoms with E-state index >= 15 is 0 Å². The summed E-state index contributed by atoms with van der Waals surface area (Å²) in [6, 6.07) is 12.6. The van der Waals surface area contributed by atoms with Crippen LogP contribution in [0.3, 0.4) is 0 Å². The smallest absolute Gasteiger partial charge is 0.343 e. The molecule has 10 nitrogen and oxygen atoms in total. The number of benzene rings is 2. The molecule has 13 heteroatoms. The number of hydrogen-bond acceptors (Lipinski definition) is 10. The predicted molar refractivity (Wildman–Crippen MR) is 170 cm³/mol. The van der Waals surface area contributed by atoms with E-state index in [0.717, 1.165) is 11.3 Å². The molecular formula is C32H28Cl2N2O8S. The summed E-state index contributed by atoms with van der Waals surface area (Å²) in [5, 5.41) is 0.971. The van der Waals surface area contributed by atoms with Crippen molar-refractivity contribution in [1.82, 2.24) is 4.57 Å². The van der Waals surface area contributed by atoms with Crippen LogP contribution in [0.15, 0.2) is 74.0 Å². The third kappa shape index (κ3) is 6.70. The van der Waals surface area contributed by atoms with Gasteiger partial charge in [-0.15, -0.1) is 0 Å². The lowest BCUT2D eigenvalue weighted by atomic mass is 9.95. The number of hydrogen-bond donors (Lipinski definition) is 0. The van der Waals surface area contributed by atoms with E-state index in [1.165, 1.54) is 11.7 Å². The van der Waals surface area contributed by atoms with E-state index in [1.807, 2.05) is 0 Å². The molecule has 0 N–H and O–H groups in total. The van der Waals surface area contributed by atoms with Crippen molar-refractivity contribution < 1.29 is 33.0 Å². The fraction of sp³-hybridized carbons (Fsp3) is 0.250. The zero-order valence-corrected chi connectivity index (χ0v) is 27.0. The fourth-order valence-electron chi connectivity index (χ4n) is 4.78. The van der Waals surface area contributed by atoms with Crippen molar-refractivity contribution in [1.29, 1.82) is 0 Å². The molecular weight excluding hydrogens is 643 g/mol. The Labute approximate surface area is 271 Å². The Morgan fingerprint density at radius 1 is 1.04 bits per heavy atom. The van der Waals surface area contributed by atoms with Gasteiger partial charge in [-0.3, -0.25) is 9.36 Å². The summed E-state index contributed by atoms with van der Waals surface area (Å²) >= 11 is 13.7. The van der Waals surface area contributed by atoms with Gasteiger partial charge in [0.1, 0.15) is 11.5 Å². The van der Waals surface area contributed by atoms with Crippen molar-refractivity contribution in [3.05, 3.63) is 101 Å². The highest BCUT2D eigenvalue weighted by Gasteiger charge is 2.34. The van der Waals surface area contributed by atoms with Crippen LogP contribution in [0.4, 0.5) is 0 Å². The molecule has 3 heterocycles. The Balaban J connectivity index is 1.62. The van der Waals surface area contributed by atoms with Gasteiger partial charge in [0.25, 0.3) is 5.56 Å². The molecule has 1 aliphatic heterocycles. The van der Waals surface area contributed by atoms with Crippen molar-refractivity contribution in [2.24, 2.45) is 4.99 Å². The molecule has 0 unspecified atom stereocenters. The molecule has 45 heavy (non-hydrogen) atoms. The third-order valence-corrected chi connectivity index (χ3v) is 8.32. The van der Waals surface area contributed by atoms with Crippen LogP contribution in [-0.2, 0) is 19.1 Å². The summed E-state index contributed by atoms with van der Waals surface area (Å²) in [5.74, 6) is 0.354. The number of ether oxygens (including phenoxy) is 4. The standard InChI is InChI=1S/C32H28Cl2N2O8S/c1-5-41-25-13-18(7-11-24(25)43-16-27(37)40-4)29-28(31(39)42-6-2)17(3)35-32-36(29)30(38)26(45-32)15-20-9-12-23(44-20)21-14-19(33)8-10-22(21)34/h7-15,29H,5-6,16H2,1-4H3/b26-15-/t29-/m1/s1. The minimum absolute atomic E-state index is 0.134. The topological polar surface area (TPSA) is 119 Å². The number of halogens is 2.